The molecule has 1 amide bonds. The molecule has 0 saturated heterocycles. The molecule has 0 bridgehead atoms. The third-order valence-corrected chi connectivity index (χ3v) is 9.30. The molecule has 2 heterocycles. The third-order valence-electron chi connectivity index (χ3n) is 7.47. The fourth-order valence-electron chi connectivity index (χ4n) is 5.48. The number of nitrogens with zero attached hydrogens (tertiary/aromatic N) is 4. The van der Waals surface area contributed by atoms with Gasteiger partial charge in [-0.05, 0) is 67.6 Å². The number of carbonyl (C=O) groups excluding carboxylic acids is 1. The van der Waals surface area contributed by atoms with Gasteiger partial charge in [0.1, 0.15) is 29.5 Å². The lowest BCUT2D eigenvalue weighted by Crippen LogP contribution is -2.35. The normalized spacial score (nSPS) is 13.1. The molecule has 0 saturated carbocycles. The first kappa shape index (κ1) is 35.7. The molecular formula is C33H36F5N5O3S. The molecule has 0 aliphatic heterocycles. The van der Waals surface area contributed by atoms with Crippen molar-refractivity contribution in [2.75, 3.05) is 14.1 Å². The Hall–Kier alpha value is -4.17. The van der Waals surface area contributed by atoms with E-state index in [1.54, 1.807) is 38.1 Å². The Morgan fingerprint density at radius 1 is 1.00 bits per heavy atom. The summed E-state index contributed by atoms with van der Waals surface area (Å²) in [6, 6.07) is 11.2. The zero-order chi connectivity index (χ0) is 34.8. The van der Waals surface area contributed by atoms with Gasteiger partial charge in [0.15, 0.2) is 0 Å². The van der Waals surface area contributed by atoms with Gasteiger partial charge >= 0.3 is 0 Å². The molecular weight excluding hydrogens is 641 g/mol. The van der Waals surface area contributed by atoms with E-state index in [0.29, 0.717) is 17.2 Å². The summed E-state index contributed by atoms with van der Waals surface area (Å²) < 4.78 is 99.0. The zero-order valence-electron chi connectivity index (χ0n) is 26.7. The van der Waals surface area contributed by atoms with Crippen molar-refractivity contribution >= 4 is 15.9 Å². The smallest absolute Gasteiger partial charge is 0.282 e. The first-order chi connectivity index (χ1) is 21.9. The molecule has 4 rings (SSSR count). The van der Waals surface area contributed by atoms with Crippen LogP contribution in [-0.2, 0) is 33.5 Å². The quantitative estimate of drug-likeness (QED) is 0.166. The van der Waals surface area contributed by atoms with E-state index < -0.39 is 63.9 Å². The maximum atomic E-state index is 15.4. The second-order valence-electron chi connectivity index (χ2n) is 12.1. The Labute approximate surface area is 270 Å². The maximum Gasteiger partial charge on any atom is 0.282 e. The van der Waals surface area contributed by atoms with Crippen molar-refractivity contribution in [3.05, 3.63) is 101 Å². The molecule has 2 aromatic heterocycles. The summed E-state index contributed by atoms with van der Waals surface area (Å²) in [6.45, 7) is 5.00. The monoisotopic (exact) mass is 677 g/mol. The van der Waals surface area contributed by atoms with Gasteiger partial charge in [-0.1, -0.05) is 32.0 Å². The van der Waals surface area contributed by atoms with Crippen LogP contribution in [0.3, 0.4) is 0 Å². The third kappa shape index (κ3) is 8.04. The minimum absolute atomic E-state index is 0.0128. The van der Waals surface area contributed by atoms with E-state index in [1.165, 1.54) is 46.3 Å². The zero-order valence-corrected chi connectivity index (χ0v) is 27.5. The van der Waals surface area contributed by atoms with Gasteiger partial charge in [0.25, 0.3) is 6.43 Å². The predicted octanol–water partition coefficient (Wildman–Crippen LogP) is 6.84. The Kier molecular flexibility index (Phi) is 10.6. The highest BCUT2D eigenvalue weighted by Gasteiger charge is 2.35. The van der Waals surface area contributed by atoms with Gasteiger partial charge in [0.05, 0.1) is 22.3 Å². The maximum absolute atomic E-state index is 15.4. The molecule has 8 nitrogen and oxygen atoms in total. The van der Waals surface area contributed by atoms with Crippen molar-refractivity contribution in [1.82, 2.24) is 24.4 Å². The van der Waals surface area contributed by atoms with E-state index in [9.17, 15) is 30.8 Å². The molecule has 2 aromatic carbocycles. The van der Waals surface area contributed by atoms with Crippen molar-refractivity contribution in [3.8, 4) is 11.1 Å². The first-order valence-corrected chi connectivity index (χ1v) is 16.1. The average Bonchev–Trinajstić information content (AvgIpc) is 3.37. The number of hydrogen-bond donors (Lipinski definition) is 1. The van der Waals surface area contributed by atoms with Gasteiger partial charge in [-0.15, -0.1) is 0 Å². The summed E-state index contributed by atoms with van der Waals surface area (Å²) in [4.78, 5) is 18.1. The van der Waals surface area contributed by atoms with E-state index in [1.807, 2.05) is 0 Å². The number of pyridine rings is 1. The lowest BCUT2D eigenvalue weighted by atomic mass is 9.93. The van der Waals surface area contributed by atoms with Gasteiger partial charge in [-0.25, -0.2) is 34.7 Å². The first-order valence-electron chi connectivity index (χ1n) is 14.7. The molecule has 1 atom stereocenters. The highest BCUT2D eigenvalue weighted by molar-refractivity contribution is 7.89. The van der Waals surface area contributed by atoms with Crippen LogP contribution in [0.5, 0.6) is 0 Å². The summed E-state index contributed by atoms with van der Waals surface area (Å²) in [5.41, 5.74) is -1.42. The van der Waals surface area contributed by atoms with Crippen molar-refractivity contribution in [3.63, 3.8) is 0 Å². The predicted molar refractivity (Wildman–Crippen MR) is 167 cm³/mol. The van der Waals surface area contributed by atoms with Crippen LogP contribution in [0.25, 0.3) is 11.1 Å². The van der Waals surface area contributed by atoms with Gasteiger partial charge in [0.2, 0.25) is 15.9 Å². The number of nitrogens with one attached hydrogen (secondary N) is 1. The lowest BCUT2D eigenvalue weighted by Gasteiger charge is -2.23. The van der Waals surface area contributed by atoms with Crippen LogP contribution in [-0.4, -0.2) is 47.5 Å². The fraction of sp³-hybridized carbons (Fsp3) is 0.364. The molecule has 0 aliphatic rings. The number of benzene rings is 2. The highest BCUT2D eigenvalue weighted by Crippen LogP contribution is 2.38. The molecule has 47 heavy (non-hydrogen) atoms. The number of carbonyl (C=O) groups is 1. The molecule has 0 aliphatic carbocycles. The summed E-state index contributed by atoms with van der Waals surface area (Å²) >= 11 is 0. The van der Waals surface area contributed by atoms with Crippen LogP contribution < -0.4 is 5.32 Å². The number of alkyl halides is 3. The van der Waals surface area contributed by atoms with Crippen molar-refractivity contribution < 1.29 is 35.2 Å². The minimum atomic E-state index is -3.72. The Morgan fingerprint density at radius 3 is 2.15 bits per heavy atom. The molecule has 14 heteroatoms. The van der Waals surface area contributed by atoms with Crippen LogP contribution in [0.1, 0.15) is 74.3 Å². The van der Waals surface area contributed by atoms with E-state index >= 15 is 4.39 Å². The number of hydrogen-bond acceptors (Lipinski definition) is 5. The SMILES string of the molecule is CC(C)c1c(C(F)F)nn(CC(=O)N[C@@H](Cc2cc(F)cc(F)c2)c2ncccc2-c2ccc(S(=O)(=O)N(C)C)cc2)c1C(C)(C)F. The number of sulfonamides is 1. The summed E-state index contributed by atoms with van der Waals surface area (Å²) in [5, 5.41) is 6.70. The molecule has 0 radical (unpaired) electrons. The number of rotatable bonds is 12. The van der Waals surface area contributed by atoms with Gasteiger partial charge in [0, 0.05) is 37.5 Å². The summed E-state index contributed by atoms with van der Waals surface area (Å²) in [6.07, 6.45) is -1.70. The van der Waals surface area contributed by atoms with Crippen molar-refractivity contribution in [2.45, 2.75) is 69.6 Å². The molecule has 1 N–H and O–H groups in total. The van der Waals surface area contributed by atoms with Gasteiger partial charge < -0.3 is 5.32 Å². The van der Waals surface area contributed by atoms with Gasteiger partial charge in [-0.2, -0.15) is 5.10 Å². The topological polar surface area (TPSA) is 97.2 Å². The number of amides is 1. The molecule has 0 fully saturated rings. The standard InChI is InChI=1S/C33H36F5N5O3S/c1-19(2)28-30(32(36)37)41-43(31(28)33(3,4)38)18-27(44)40-26(16-20-14-22(34)17-23(35)15-20)29-25(8-7-13-39-29)21-9-11-24(12-10-21)47(45,46)42(5)6/h7-15,17,19,26,32H,16,18H2,1-6H3,(H,40,44)/t26-/m0/s1. The van der Waals surface area contributed by atoms with E-state index in [0.717, 1.165) is 21.1 Å². The summed E-state index contributed by atoms with van der Waals surface area (Å²) in [5.74, 6) is -2.95. The molecule has 4 aromatic rings. The van der Waals surface area contributed by atoms with Gasteiger partial charge in [-0.3, -0.25) is 14.5 Å². The largest absolute Gasteiger partial charge is 0.346 e. The van der Waals surface area contributed by atoms with Crippen molar-refractivity contribution in [1.29, 1.82) is 0 Å². The highest BCUT2D eigenvalue weighted by atomic mass is 32.2. The second-order valence-corrected chi connectivity index (χ2v) is 14.2. The Morgan fingerprint density at radius 2 is 1.62 bits per heavy atom. The number of aromatic nitrogens is 3. The van der Waals surface area contributed by atoms with Crippen molar-refractivity contribution in [2.24, 2.45) is 0 Å². The summed E-state index contributed by atoms with van der Waals surface area (Å²) in [7, 11) is -0.903. The Bertz CT molecular complexity index is 1830. The van der Waals surface area contributed by atoms with E-state index in [-0.39, 0.29) is 33.8 Å². The Balaban J connectivity index is 1.77. The molecule has 252 valence electrons. The lowest BCUT2D eigenvalue weighted by molar-refractivity contribution is -0.122. The van der Waals surface area contributed by atoms with E-state index in [2.05, 4.69) is 15.4 Å². The van der Waals surface area contributed by atoms with Crippen LogP contribution >= 0.6 is 0 Å². The van der Waals surface area contributed by atoms with Crippen LogP contribution in [0, 0.1) is 11.6 Å². The van der Waals surface area contributed by atoms with Crippen LogP contribution in [0.4, 0.5) is 22.0 Å². The van der Waals surface area contributed by atoms with Crippen LogP contribution in [0.2, 0.25) is 0 Å². The average molecular weight is 678 g/mol. The van der Waals surface area contributed by atoms with Crippen LogP contribution in [0.15, 0.2) is 65.7 Å². The molecule has 0 unspecified atom stereocenters. The molecule has 0 spiro atoms. The fourth-order valence-corrected chi connectivity index (χ4v) is 6.38. The number of halogens is 5. The van der Waals surface area contributed by atoms with E-state index in [4.69, 9.17) is 0 Å². The minimum Gasteiger partial charge on any atom is -0.346 e. The second kappa shape index (κ2) is 13.9.